The monoisotopic (exact) mass is 255 g/mol. The minimum absolute atomic E-state index is 0.809. The molecule has 1 N–H and O–H groups in total. The summed E-state index contributed by atoms with van der Waals surface area (Å²) in [5, 5.41) is 7.73. The van der Waals surface area contributed by atoms with Gasteiger partial charge in [-0.25, -0.2) is 4.98 Å². The van der Waals surface area contributed by atoms with E-state index in [1.807, 2.05) is 36.7 Å². The number of imidazole rings is 1. The Kier molecular flexibility index (Phi) is 2.83. The number of nitrogens with zero attached hydrogens (tertiary/aromatic N) is 4. The van der Waals surface area contributed by atoms with Crippen molar-refractivity contribution in [1.82, 2.24) is 24.6 Å². The molecule has 2 aromatic heterocycles. The third kappa shape index (κ3) is 2.02. The van der Waals surface area contributed by atoms with Crippen LogP contribution in [0.15, 0.2) is 30.7 Å². The molecule has 0 saturated heterocycles. The van der Waals surface area contributed by atoms with Crippen molar-refractivity contribution in [2.45, 2.75) is 6.54 Å². The molecule has 0 saturated carbocycles. The minimum Gasteiger partial charge on any atom is -0.334 e. The molecule has 0 amide bonds. The number of hydrogen-bond donors (Lipinski definition) is 1. The van der Waals surface area contributed by atoms with E-state index in [1.165, 1.54) is 5.56 Å². The maximum Gasteiger partial charge on any atom is 0.0968 e. The number of fused-ring (bicyclic) bond motifs is 1. The number of rotatable bonds is 3. The van der Waals surface area contributed by atoms with Crippen LogP contribution in [-0.4, -0.2) is 26.4 Å². The van der Waals surface area contributed by atoms with Crippen molar-refractivity contribution in [3.05, 3.63) is 36.3 Å². The van der Waals surface area contributed by atoms with Crippen LogP contribution in [0.1, 0.15) is 5.56 Å². The first kappa shape index (κ1) is 11.9. The lowest BCUT2D eigenvalue weighted by molar-refractivity contribution is 0.765. The zero-order valence-electron chi connectivity index (χ0n) is 11.4. The second-order valence-corrected chi connectivity index (χ2v) is 4.77. The van der Waals surface area contributed by atoms with Gasteiger partial charge in [-0.3, -0.25) is 4.68 Å². The van der Waals surface area contributed by atoms with E-state index in [4.69, 9.17) is 0 Å². The summed E-state index contributed by atoms with van der Waals surface area (Å²) in [4.78, 5) is 4.40. The fourth-order valence-corrected chi connectivity index (χ4v) is 2.38. The van der Waals surface area contributed by atoms with Crippen LogP contribution >= 0.6 is 0 Å². The molecule has 1 aromatic carbocycles. The lowest BCUT2D eigenvalue weighted by Crippen LogP contribution is -2.05. The number of benzene rings is 1. The van der Waals surface area contributed by atoms with E-state index in [2.05, 4.69) is 39.8 Å². The summed E-state index contributed by atoms with van der Waals surface area (Å²) in [7, 11) is 5.89. The quantitative estimate of drug-likeness (QED) is 0.775. The fraction of sp³-hybridized carbons (Fsp3) is 0.286. The van der Waals surface area contributed by atoms with E-state index in [1.54, 1.807) is 0 Å². The van der Waals surface area contributed by atoms with E-state index in [9.17, 15) is 0 Å². The normalized spacial score (nSPS) is 11.3. The van der Waals surface area contributed by atoms with Crippen molar-refractivity contribution >= 4 is 11.0 Å². The Hall–Kier alpha value is -2.14. The second-order valence-electron chi connectivity index (χ2n) is 4.77. The zero-order valence-corrected chi connectivity index (χ0v) is 11.4. The minimum atomic E-state index is 0.809. The molecule has 98 valence electrons. The SMILES string of the molecule is CNCc1cn(C)nc1-c1ccc2c(c1)ncn2C. The van der Waals surface area contributed by atoms with Crippen molar-refractivity contribution in [2.24, 2.45) is 14.1 Å². The van der Waals surface area contributed by atoms with Crippen LogP contribution in [0, 0.1) is 0 Å². The van der Waals surface area contributed by atoms with Gasteiger partial charge in [0.25, 0.3) is 0 Å². The summed E-state index contributed by atoms with van der Waals surface area (Å²) in [6, 6.07) is 6.29. The highest BCUT2D eigenvalue weighted by molar-refractivity contribution is 5.81. The highest BCUT2D eigenvalue weighted by Gasteiger charge is 2.11. The maximum atomic E-state index is 4.56. The van der Waals surface area contributed by atoms with Crippen LogP contribution in [-0.2, 0) is 20.6 Å². The van der Waals surface area contributed by atoms with Gasteiger partial charge in [-0.1, -0.05) is 6.07 Å². The lowest BCUT2D eigenvalue weighted by Gasteiger charge is -2.02. The lowest BCUT2D eigenvalue weighted by atomic mass is 10.1. The van der Waals surface area contributed by atoms with Crippen LogP contribution in [0.25, 0.3) is 22.3 Å². The second kappa shape index (κ2) is 4.51. The molecule has 0 unspecified atom stereocenters. The summed E-state index contributed by atoms with van der Waals surface area (Å²) in [6.45, 7) is 0.809. The van der Waals surface area contributed by atoms with Crippen molar-refractivity contribution < 1.29 is 0 Å². The Bertz CT molecular complexity index is 723. The largest absolute Gasteiger partial charge is 0.334 e. The average Bonchev–Trinajstić information content (AvgIpc) is 2.94. The summed E-state index contributed by atoms with van der Waals surface area (Å²) >= 11 is 0. The molecule has 0 aliphatic rings. The van der Waals surface area contributed by atoms with Gasteiger partial charge in [0.05, 0.1) is 23.1 Å². The summed E-state index contributed by atoms with van der Waals surface area (Å²) in [5.41, 5.74) is 5.46. The standard InChI is InChI=1S/C14H17N5/c1-15-7-11-8-19(3)17-14(11)10-4-5-13-12(6-10)16-9-18(13)2/h4-6,8-9,15H,7H2,1-3H3. The molecule has 0 bridgehead atoms. The molecule has 0 radical (unpaired) electrons. The Morgan fingerprint density at radius 1 is 1.26 bits per heavy atom. The maximum absolute atomic E-state index is 4.56. The van der Waals surface area contributed by atoms with E-state index < -0.39 is 0 Å². The molecule has 0 aliphatic carbocycles. The van der Waals surface area contributed by atoms with Gasteiger partial charge in [-0.15, -0.1) is 0 Å². The summed E-state index contributed by atoms with van der Waals surface area (Å²) < 4.78 is 3.87. The first-order chi connectivity index (χ1) is 9.19. The smallest absolute Gasteiger partial charge is 0.0968 e. The number of nitrogens with one attached hydrogen (secondary N) is 1. The van der Waals surface area contributed by atoms with E-state index in [0.29, 0.717) is 0 Å². The Morgan fingerprint density at radius 3 is 2.89 bits per heavy atom. The van der Waals surface area contributed by atoms with Crippen LogP contribution in [0.2, 0.25) is 0 Å². The Balaban J connectivity index is 2.13. The van der Waals surface area contributed by atoms with Crippen LogP contribution < -0.4 is 5.32 Å². The van der Waals surface area contributed by atoms with E-state index >= 15 is 0 Å². The van der Waals surface area contributed by atoms with Crippen LogP contribution in [0.3, 0.4) is 0 Å². The van der Waals surface area contributed by atoms with Crippen LogP contribution in [0.4, 0.5) is 0 Å². The molecule has 2 heterocycles. The zero-order chi connectivity index (χ0) is 13.4. The van der Waals surface area contributed by atoms with E-state index in [-0.39, 0.29) is 0 Å². The molecule has 19 heavy (non-hydrogen) atoms. The Morgan fingerprint density at radius 2 is 2.11 bits per heavy atom. The number of hydrogen-bond acceptors (Lipinski definition) is 3. The first-order valence-electron chi connectivity index (χ1n) is 6.27. The topological polar surface area (TPSA) is 47.7 Å². The third-order valence-electron chi connectivity index (χ3n) is 3.27. The molecule has 5 heteroatoms. The van der Waals surface area contributed by atoms with Gasteiger partial charge < -0.3 is 9.88 Å². The third-order valence-corrected chi connectivity index (χ3v) is 3.27. The predicted molar refractivity (Wildman–Crippen MR) is 75.7 cm³/mol. The van der Waals surface area contributed by atoms with Gasteiger partial charge in [0, 0.05) is 38.0 Å². The highest BCUT2D eigenvalue weighted by atomic mass is 15.3. The van der Waals surface area contributed by atoms with Crippen molar-refractivity contribution in [3.8, 4) is 11.3 Å². The predicted octanol–water partition coefficient (Wildman–Crippen LogP) is 1.69. The molecular weight excluding hydrogens is 238 g/mol. The van der Waals surface area contributed by atoms with Gasteiger partial charge in [0.15, 0.2) is 0 Å². The van der Waals surface area contributed by atoms with Gasteiger partial charge >= 0.3 is 0 Å². The molecule has 0 atom stereocenters. The van der Waals surface area contributed by atoms with Crippen molar-refractivity contribution in [2.75, 3.05) is 7.05 Å². The van der Waals surface area contributed by atoms with Crippen LogP contribution in [0.5, 0.6) is 0 Å². The number of aromatic nitrogens is 4. The van der Waals surface area contributed by atoms with Gasteiger partial charge in [-0.05, 0) is 19.2 Å². The average molecular weight is 255 g/mol. The first-order valence-corrected chi connectivity index (χ1v) is 6.27. The number of aryl methyl sites for hydroxylation is 2. The molecule has 5 nitrogen and oxygen atoms in total. The molecule has 0 spiro atoms. The highest BCUT2D eigenvalue weighted by Crippen LogP contribution is 2.25. The summed E-state index contributed by atoms with van der Waals surface area (Å²) in [5.74, 6) is 0. The van der Waals surface area contributed by atoms with Gasteiger partial charge in [-0.2, -0.15) is 5.10 Å². The molecule has 0 fully saturated rings. The van der Waals surface area contributed by atoms with Crippen molar-refractivity contribution in [3.63, 3.8) is 0 Å². The van der Waals surface area contributed by atoms with Gasteiger partial charge in [0.1, 0.15) is 0 Å². The molecule has 3 rings (SSSR count). The molecule has 3 aromatic rings. The molecular formula is C14H17N5. The van der Waals surface area contributed by atoms with E-state index in [0.717, 1.165) is 28.8 Å². The fourth-order valence-electron chi connectivity index (χ4n) is 2.38. The van der Waals surface area contributed by atoms with Gasteiger partial charge in [0.2, 0.25) is 0 Å². The Labute approximate surface area is 111 Å². The summed E-state index contributed by atoms with van der Waals surface area (Å²) in [6.07, 6.45) is 3.88. The van der Waals surface area contributed by atoms with Crippen molar-refractivity contribution in [1.29, 1.82) is 0 Å². The molecule has 0 aliphatic heterocycles.